The van der Waals surface area contributed by atoms with Gasteiger partial charge in [-0.3, -0.25) is 9.59 Å². The number of nitrogens with zero attached hydrogens (tertiary/aromatic N) is 2. The van der Waals surface area contributed by atoms with Gasteiger partial charge in [0.05, 0.1) is 5.25 Å². The van der Waals surface area contributed by atoms with Gasteiger partial charge in [-0.25, -0.2) is 0 Å². The zero-order valence-corrected chi connectivity index (χ0v) is 18.4. The van der Waals surface area contributed by atoms with Gasteiger partial charge in [-0.15, -0.1) is 0 Å². The summed E-state index contributed by atoms with van der Waals surface area (Å²) in [7, 11) is 0. The zero-order valence-electron chi connectivity index (χ0n) is 16.0. The van der Waals surface area contributed by atoms with E-state index in [9.17, 15) is 9.59 Å². The van der Waals surface area contributed by atoms with Crippen molar-refractivity contribution in [3.8, 4) is 0 Å². The van der Waals surface area contributed by atoms with Crippen molar-refractivity contribution in [2.75, 3.05) is 18.4 Å². The quantitative estimate of drug-likeness (QED) is 0.721. The van der Waals surface area contributed by atoms with Gasteiger partial charge in [-0.1, -0.05) is 47.7 Å². The number of fused-ring (bicyclic) bond motifs is 4. The van der Waals surface area contributed by atoms with E-state index in [2.05, 4.69) is 10.2 Å². The lowest BCUT2D eigenvalue weighted by atomic mass is 9.83. The first-order valence-corrected chi connectivity index (χ1v) is 11.3. The summed E-state index contributed by atoms with van der Waals surface area (Å²) < 4.78 is 2.65. The maximum Gasteiger partial charge on any atom is 0.250 e. The summed E-state index contributed by atoms with van der Waals surface area (Å²) in [5.41, 5.74) is 1.85. The highest BCUT2D eigenvalue weighted by molar-refractivity contribution is 8.23. The fourth-order valence-corrected chi connectivity index (χ4v) is 5.67. The molecule has 0 aliphatic carbocycles. The highest BCUT2D eigenvalue weighted by atomic mass is 35.5. The first kappa shape index (κ1) is 20.4. The molecule has 0 unspecified atom stereocenters. The molecule has 0 spiro atoms. The van der Waals surface area contributed by atoms with Crippen molar-refractivity contribution in [1.29, 1.82) is 0 Å². The van der Waals surface area contributed by atoms with Crippen LogP contribution >= 0.6 is 35.6 Å². The average Bonchev–Trinajstić information content (AvgIpc) is 2.68. The van der Waals surface area contributed by atoms with Crippen LogP contribution in [0.5, 0.6) is 0 Å². The average molecular weight is 448 g/mol. The van der Waals surface area contributed by atoms with Gasteiger partial charge >= 0.3 is 0 Å². The summed E-state index contributed by atoms with van der Waals surface area (Å²) in [6.07, 6.45) is 1.08. The number of rotatable bonds is 3. The minimum Gasteiger partial charge on any atom is -0.356 e. The third-order valence-corrected chi connectivity index (χ3v) is 7.29. The van der Waals surface area contributed by atoms with Crippen molar-refractivity contribution in [3.63, 3.8) is 0 Å². The number of nitrogens with one attached hydrogen (secondary N) is 1. The SMILES string of the molecule is C[C@@H](SC(=S)N1C[C@@H]2C[C@@H](C1)c1cccc(=O)n1C2)C(=O)Nc1cccc(Cl)c1. The van der Waals surface area contributed by atoms with Crippen LogP contribution in [-0.2, 0) is 11.3 Å². The van der Waals surface area contributed by atoms with Crippen LogP contribution in [0.3, 0.4) is 0 Å². The van der Waals surface area contributed by atoms with Crippen LogP contribution in [-0.4, -0.2) is 38.0 Å². The van der Waals surface area contributed by atoms with Crippen LogP contribution < -0.4 is 10.9 Å². The van der Waals surface area contributed by atoms with E-state index in [0.717, 1.165) is 36.1 Å². The van der Waals surface area contributed by atoms with E-state index in [1.807, 2.05) is 29.7 Å². The van der Waals surface area contributed by atoms with Crippen molar-refractivity contribution in [2.45, 2.75) is 31.1 Å². The Kier molecular flexibility index (Phi) is 5.99. The smallest absolute Gasteiger partial charge is 0.250 e. The van der Waals surface area contributed by atoms with Gasteiger partial charge in [0, 0.05) is 48.0 Å². The first-order chi connectivity index (χ1) is 13.9. The van der Waals surface area contributed by atoms with Crippen LogP contribution in [0.4, 0.5) is 5.69 Å². The highest BCUT2D eigenvalue weighted by Crippen LogP contribution is 2.36. The Balaban J connectivity index is 1.39. The summed E-state index contributed by atoms with van der Waals surface area (Å²) in [5.74, 6) is 0.592. The molecule has 2 aliphatic rings. The number of piperidine rings is 1. The molecule has 0 radical (unpaired) electrons. The number of pyridine rings is 1. The van der Waals surface area contributed by atoms with Gasteiger partial charge in [0.25, 0.3) is 5.56 Å². The number of amides is 1. The van der Waals surface area contributed by atoms with Crippen LogP contribution in [0, 0.1) is 5.92 Å². The first-order valence-electron chi connectivity index (χ1n) is 9.62. The number of thioether (sulfide) groups is 1. The third kappa shape index (κ3) is 4.52. The van der Waals surface area contributed by atoms with Gasteiger partial charge in [0.15, 0.2) is 0 Å². The molecule has 152 valence electrons. The lowest BCUT2D eigenvalue weighted by molar-refractivity contribution is -0.115. The number of thiocarbonyl (C=S) groups is 1. The zero-order chi connectivity index (χ0) is 20.5. The van der Waals surface area contributed by atoms with Crippen molar-refractivity contribution >= 4 is 51.5 Å². The minimum absolute atomic E-state index is 0.0777. The van der Waals surface area contributed by atoms with Gasteiger partial charge in [0.1, 0.15) is 4.32 Å². The molecule has 1 N–H and O–H groups in total. The summed E-state index contributed by atoms with van der Waals surface area (Å²) in [6.45, 7) is 4.21. The summed E-state index contributed by atoms with van der Waals surface area (Å²) in [6, 6.07) is 12.6. The molecular formula is C21H22ClN3O2S2. The molecule has 1 aromatic carbocycles. The third-order valence-electron chi connectivity index (χ3n) is 5.48. The Morgan fingerprint density at radius 1 is 1.24 bits per heavy atom. The number of hydrogen-bond donors (Lipinski definition) is 1. The molecule has 2 aromatic rings. The molecule has 1 amide bonds. The van der Waals surface area contributed by atoms with E-state index in [1.54, 1.807) is 24.3 Å². The van der Waals surface area contributed by atoms with Crippen LogP contribution in [0.15, 0.2) is 47.3 Å². The van der Waals surface area contributed by atoms with E-state index < -0.39 is 0 Å². The number of likely N-dealkylation sites (tertiary alicyclic amines) is 1. The monoisotopic (exact) mass is 447 g/mol. The number of halogens is 1. The maximum atomic E-state index is 12.5. The second kappa shape index (κ2) is 8.50. The number of anilines is 1. The molecule has 2 bridgehead atoms. The Morgan fingerprint density at radius 3 is 2.83 bits per heavy atom. The lowest BCUT2D eigenvalue weighted by Crippen LogP contribution is -2.48. The Bertz CT molecular complexity index is 1010. The Labute approximate surface area is 184 Å². The molecule has 29 heavy (non-hydrogen) atoms. The highest BCUT2D eigenvalue weighted by Gasteiger charge is 2.35. The molecule has 1 fully saturated rings. The normalized spacial score (nSPS) is 21.2. The second-order valence-corrected chi connectivity index (χ2v) is 10.0. The Hall–Kier alpha value is -1.83. The van der Waals surface area contributed by atoms with E-state index in [0.29, 0.717) is 22.5 Å². The Morgan fingerprint density at radius 2 is 2.03 bits per heavy atom. The van der Waals surface area contributed by atoms with E-state index in [4.69, 9.17) is 23.8 Å². The number of carbonyl (C=O) groups excluding carboxylic acids is 1. The maximum absolute atomic E-state index is 12.5. The number of carbonyl (C=O) groups is 1. The second-order valence-electron chi connectivity index (χ2n) is 7.63. The summed E-state index contributed by atoms with van der Waals surface area (Å²) in [4.78, 5) is 26.9. The van der Waals surface area contributed by atoms with E-state index >= 15 is 0 Å². The predicted molar refractivity (Wildman–Crippen MR) is 123 cm³/mol. The standard InChI is InChI=1S/C21H22ClN3O2S2/c1-13(20(27)23-17-5-2-4-16(22)9-17)29-21(28)24-10-14-8-15(12-24)18-6-3-7-19(26)25(18)11-14/h2-7,9,13-15H,8,10-12H2,1H3,(H,23,27)/t13-,14+,15+/m1/s1. The molecule has 2 aliphatic heterocycles. The number of aromatic nitrogens is 1. The summed E-state index contributed by atoms with van der Waals surface area (Å²) in [5, 5.41) is 3.15. The molecular weight excluding hydrogens is 426 g/mol. The lowest BCUT2D eigenvalue weighted by Gasteiger charge is -2.43. The summed E-state index contributed by atoms with van der Waals surface area (Å²) >= 11 is 13.1. The molecule has 3 atom stereocenters. The molecule has 0 saturated carbocycles. The van der Waals surface area contributed by atoms with Crippen LogP contribution in [0.25, 0.3) is 0 Å². The van der Waals surface area contributed by atoms with Gasteiger partial charge in [-0.2, -0.15) is 0 Å². The predicted octanol–water partition coefficient (Wildman–Crippen LogP) is 3.97. The van der Waals surface area contributed by atoms with Crippen molar-refractivity contribution < 1.29 is 4.79 Å². The van der Waals surface area contributed by atoms with Gasteiger partial charge < -0.3 is 14.8 Å². The fraction of sp³-hybridized carbons (Fsp3) is 0.381. The fourth-order valence-electron chi connectivity index (χ4n) is 4.13. The molecule has 4 rings (SSSR count). The molecule has 8 heteroatoms. The number of benzene rings is 1. The van der Waals surface area contributed by atoms with Crippen LogP contribution in [0.1, 0.15) is 25.0 Å². The van der Waals surface area contributed by atoms with E-state index in [1.165, 1.54) is 11.8 Å². The van der Waals surface area contributed by atoms with Crippen LogP contribution in [0.2, 0.25) is 5.02 Å². The van der Waals surface area contributed by atoms with Crippen molar-refractivity contribution in [3.05, 3.63) is 63.5 Å². The largest absolute Gasteiger partial charge is 0.356 e. The molecule has 1 saturated heterocycles. The van der Waals surface area contributed by atoms with Crippen molar-refractivity contribution in [2.24, 2.45) is 5.92 Å². The van der Waals surface area contributed by atoms with E-state index in [-0.39, 0.29) is 16.7 Å². The molecule has 5 nitrogen and oxygen atoms in total. The molecule has 3 heterocycles. The van der Waals surface area contributed by atoms with Crippen molar-refractivity contribution in [1.82, 2.24) is 9.47 Å². The minimum atomic E-state index is -0.321. The molecule has 1 aromatic heterocycles. The van der Waals surface area contributed by atoms with Gasteiger partial charge in [0.2, 0.25) is 5.91 Å². The number of hydrogen-bond acceptors (Lipinski definition) is 4. The topological polar surface area (TPSA) is 54.3 Å². The van der Waals surface area contributed by atoms with Gasteiger partial charge in [-0.05, 0) is 43.5 Å².